The number of primary amides is 1. The highest BCUT2D eigenvalue weighted by molar-refractivity contribution is 5.93. The van der Waals surface area contributed by atoms with Crippen molar-refractivity contribution in [2.24, 2.45) is 22.6 Å². The minimum Gasteiger partial charge on any atom is -0.366 e. The highest BCUT2D eigenvalue weighted by Crippen LogP contribution is 2.18. The first-order valence-corrected chi connectivity index (χ1v) is 6.97. The lowest BCUT2D eigenvalue weighted by atomic mass is 9.92. The molecule has 0 fully saturated rings. The Morgan fingerprint density at radius 1 is 1.25 bits per heavy atom. The van der Waals surface area contributed by atoms with E-state index >= 15 is 0 Å². The van der Waals surface area contributed by atoms with E-state index in [4.69, 9.17) is 5.73 Å². The fourth-order valence-corrected chi connectivity index (χ4v) is 1.94. The van der Waals surface area contributed by atoms with Crippen LogP contribution in [0.25, 0.3) is 0 Å². The van der Waals surface area contributed by atoms with Crippen LogP contribution in [-0.2, 0) is 0 Å². The zero-order chi connectivity index (χ0) is 15.1. The van der Waals surface area contributed by atoms with Crippen LogP contribution >= 0.6 is 0 Å². The fraction of sp³-hybridized carbons (Fsp3) is 0.412. The van der Waals surface area contributed by atoms with Gasteiger partial charge in [0.25, 0.3) is 0 Å². The molecule has 0 heterocycles. The second kappa shape index (κ2) is 7.63. The third-order valence-corrected chi connectivity index (χ3v) is 3.36. The molecule has 0 aliphatic carbocycles. The van der Waals surface area contributed by atoms with Gasteiger partial charge in [0.1, 0.15) is 0 Å². The lowest BCUT2D eigenvalue weighted by Crippen LogP contribution is -2.10. The van der Waals surface area contributed by atoms with Gasteiger partial charge < -0.3 is 5.73 Å². The normalized spacial score (nSPS) is 14.0. The average molecular weight is 272 g/mol. The molecule has 2 atom stereocenters. The SMILES string of the molecule is CC(C)=C[C@H](C)[C@@H](C)CC=Nc1ccc(C(N)=O)cc1. The van der Waals surface area contributed by atoms with Crippen LogP contribution in [0.15, 0.2) is 40.9 Å². The van der Waals surface area contributed by atoms with Crippen molar-refractivity contribution in [3.63, 3.8) is 0 Å². The number of amides is 1. The van der Waals surface area contributed by atoms with Gasteiger partial charge in [-0.3, -0.25) is 9.79 Å². The Kier molecular flexibility index (Phi) is 6.16. The van der Waals surface area contributed by atoms with Gasteiger partial charge in [0, 0.05) is 11.8 Å². The molecule has 0 aromatic heterocycles. The average Bonchev–Trinajstić information content (AvgIpc) is 2.38. The van der Waals surface area contributed by atoms with E-state index in [9.17, 15) is 4.79 Å². The molecular weight excluding hydrogens is 248 g/mol. The number of aliphatic imine (C=N–C) groups is 1. The van der Waals surface area contributed by atoms with E-state index in [1.54, 1.807) is 24.3 Å². The second-order valence-electron chi connectivity index (χ2n) is 5.54. The number of hydrogen-bond donors (Lipinski definition) is 1. The van der Waals surface area contributed by atoms with Crippen molar-refractivity contribution in [3.05, 3.63) is 41.5 Å². The van der Waals surface area contributed by atoms with Crippen LogP contribution < -0.4 is 5.73 Å². The van der Waals surface area contributed by atoms with Gasteiger partial charge in [-0.25, -0.2) is 0 Å². The Hall–Kier alpha value is -1.90. The first-order chi connectivity index (χ1) is 9.40. The van der Waals surface area contributed by atoms with Gasteiger partial charge in [-0.05, 0) is 56.4 Å². The summed E-state index contributed by atoms with van der Waals surface area (Å²) >= 11 is 0. The maximum absolute atomic E-state index is 11.0. The molecule has 0 aliphatic heterocycles. The predicted molar refractivity (Wildman–Crippen MR) is 85.5 cm³/mol. The highest BCUT2D eigenvalue weighted by atomic mass is 16.1. The summed E-state index contributed by atoms with van der Waals surface area (Å²) in [5.41, 5.74) is 7.90. The number of rotatable bonds is 6. The molecule has 0 saturated carbocycles. The molecule has 0 aliphatic rings. The van der Waals surface area contributed by atoms with Gasteiger partial charge in [0.15, 0.2) is 0 Å². The van der Waals surface area contributed by atoms with Gasteiger partial charge in [0.2, 0.25) is 5.91 Å². The van der Waals surface area contributed by atoms with Crippen LogP contribution in [0, 0.1) is 11.8 Å². The van der Waals surface area contributed by atoms with Crippen LogP contribution in [0.4, 0.5) is 5.69 Å². The van der Waals surface area contributed by atoms with E-state index in [-0.39, 0.29) is 0 Å². The maximum atomic E-state index is 11.0. The molecule has 20 heavy (non-hydrogen) atoms. The van der Waals surface area contributed by atoms with Crippen LogP contribution in [-0.4, -0.2) is 12.1 Å². The molecule has 0 saturated heterocycles. The van der Waals surface area contributed by atoms with Gasteiger partial charge >= 0.3 is 0 Å². The minimum absolute atomic E-state index is 0.412. The lowest BCUT2D eigenvalue weighted by molar-refractivity contribution is 0.100. The quantitative estimate of drug-likeness (QED) is 0.614. The van der Waals surface area contributed by atoms with E-state index < -0.39 is 5.91 Å². The molecule has 2 N–H and O–H groups in total. The number of carbonyl (C=O) groups excluding carboxylic acids is 1. The smallest absolute Gasteiger partial charge is 0.248 e. The van der Waals surface area contributed by atoms with Crippen LogP contribution in [0.3, 0.4) is 0 Å². The molecule has 108 valence electrons. The Morgan fingerprint density at radius 2 is 1.85 bits per heavy atom. The number of benzene rings is 1. The van der Waals surface area contributed by atoms with Crippen molar-refractivity contribution in [2.45, 2.75) is 34.1 Å². The van der Waals surface area contributed by atoms with Crippen LogP contribution in [0.5, 0.6) is 0 Å². The van der Waals surface area contributed by atoms with E-state index in [1.807, 2.05) is 6.21 Å². The molecule has 1 rings (SSSR count). The number of nitrogens with two attached hydrogens (primary N) is 1. The number of nitrogens with zero attached hydrogens (tertiary/aromatic N) is 1. The number of carbonyl (C=O) groups is 1. The Labute approximate surface area is 121 Å². The Balaban J connectivity index is 2.56. The van der Waals surface area contributed by atoms with Crippen LogP contribution in [0.2, 0.25) is 0 Å². The monoisotopic (exact) mass is 272 g/mol. The second-order valence-corrected chi connectivity index (χ2v) is 5.54. The number of hydrogen-bond acceptors (Lipinski definition) is 2. The summed E-state index contributed by atoms with van der Waals surface area (Å²) in [5.74, 6) is 0.687. The van der Waals surface area contributed by atoms with E-state index in [1.165, 1.54) is 5.57 Å². The molecular formula is C17H24N2O. The zero-order valence-corrected chi connectivity index (χ0v) is 12.8. The zero-order valence-electron chi connectivity index (χ0n) is 12.8. The summed E-state index contributed by atoms with van der Waals surface area (Å²) in [6, 6.07) is 7.01. The third-order valence-electron chi connectivity index (χ3n) is 3.36. The first kappa shape index (κ1) is 16.2. The molecule has 3 heteroatoms. The minimum atomic E-state index is -0.412. The predicted octanol–water partition coefficient (Wildman–Crippen LogP) is 4.12. The summed E-state index contributed by atoms with van der Waals surface area (Å²) in [6.07, 6.45) is 5.17. The van der Waals surface area contributed by atoms with Gasteiger partial charge in [-0.1, -0.05) is 25.5 Å². The van der Waals surface area contributed by atoms with Crippen molar-refractivity contribution >= 4 is 17.8 Å². The topological polar surface area (TPSA) is 55.4 Å². The molecule has 1 aromatic rings. The van der Waals surface area contributed by atoms with E-state index in [2.05, 4.69) is 38.8 Å². The molecule has 0 spiro atoms. The fourth-order valence-electron chi connectivity index (χ4n) is 1.94. The summed E-state index contributed by atoms with van der Waals surface area (Å²) < 4.78 is 0. The van der Waals surface area contributed by atoms with Crippen molar-refractivity contribution < 1.29 is 4.79 Å². The van der Waals surface area contributed by atoms with Crippen molar-refractivity contribution in [2.75, 3.05) is 0 Å². The third kappa shape index (κ3) is 5.39. The molecule has 0 unspecified atom stereocenters. The first-order valence-electron chi connectivity index (χ1n) is 6.97. The Morgan fingerprint density at radius 3 is 2.35 bits per heavy atom. The number of allylic oxidation sites excluding steroid dienone is 2. The van der Waals surface area contributed by atoms with Crippen molar-refractivity contribution in [1.82, 2.24) is 0 Å². The van der Waals surface area contributed by atoms with Gasteiger partial charge in [-0.2, -0.15) is 0 Å². The van der Waals surface area contributed by atoms with E-state index in [0.29, 0.717) is 17.4 Å². The summed E-state index contributed by atoms with van der Waals surface area (Å²) in [7, 11) is 0. The van der Waals surface area contributed by atoms with Crippen molar-refractivity contribution in [1.29, 1.82) is 0 Å². The van der Waals surface area contributed by atoms with E-state index in [0.717, 1.165) is 12.1 Å². The summed E-state index contributed by atoms with van der Waals surface area (Å²) in [6.45, 7) is 8.70. The molecule has 3 nitrogen and oxygen atoms in total. The van der Waals surface area contributed by atoms with Crippen LogP contribution in [0.1, 0.15) is 44.5 Å². The molecule has 0 bridgehead atoms. The summed E-state index contributed by atoms with van der Waals surface area (Å²) in [4.78, 5) is 15.4. The Bertz CT molecular complexity index is 496. The molecule has 1 amide bonds. The van der Waals surface area contributed by atoms with Crippen molar-refractivity contribution in [3.8, 4) is 0 Å². The maximum Gasteiger partial charge on any atom is 0.248 e. The molecule has 1 aromatic carbocycles. The standard InChI is InChI=1S/C17H24N2O/c1-12(2)11-14(4)13(3)9-10-19-16-7-5-15(6-8-16)17(18)20/h5-8,10-11,13-14H,9H2,1-4H3,(H2,18,20)/t13-,14-/m0/s1. The largest absolute Gasteiger partial charge is 0.366 e. The highest BCUT2D eigenvalue weighted by Gasteiger charge is 2.07. The van der Waals surface area contributed by atoms with Gasteiger partial charge in [-0.15, -0.1) is 0 Å². The lowest BCUT2D eigenvalue weighted by Gasteiger charge is -2.14. The van der Waals surface area contributed by atoms with Gasteiger partial charge in [0.05, 0.1) is 5.69 Å². The molecule has 0 radical (unpaired) electrons. The summed E-state index contributed by atoms with van der Waals surface area (Å²) in [5, 5.41) is 0.